The molecule has 0 saturated carbocycles. The summed E-state index contributed by atoms with van der Waals surface area (Å²) in [5, 5.41) is 0.663. The lowest BCUT2D eigenvalue weighted by Crippen LogP contribution is -2.44. The molecule has 0 spiro atoms. The Kier molecular flexibility index (Phi) is 4.79. The predicted molar refractivity (Wildman–Crippen MR) is 90.3 cm³/mol. The molecule has 0 aromatic heterocycles. The maximum atomic E-state index is 12.8. The minimum Gasteiger partial charge on any atom is -0.335 e. The van der Waals surface area contributed by atoms with Gasteiger partial charge in [-0.3, -0.25) is 4.79 Å². The fraction of sp³-hybridized carbons (Fsp3) is 0.316. The van der Waals surface area contributed by atoms with Gasteiger partial charge in [-0.15, -0.1) is 0 Å². The van der Waals surface area contributed by atoms with Crippen LogP contribution in [0, 0.1) is 0 Å². The Morgan fingerprint density at radius 1 is 1.05 bits per heavy atom. The van der Waals surface area contributed by atoms with Crippen LogP contribution in [0.1, 0.15) is 35.2 Å². The molecule has 1 unspecified atom stereocenters. The van der Waals surface area contributed by atoms with E-state index in [0.29, 0.717) is 11.1 Å². The van der Waals surface area contributed by atoms with Gasteiger partial charge in [0.2, 0.25) is 0 Å². The van der Waals surface area contributed by atoms with Gasteiger partial charge in [-0.1, -0.05) is 41.9 Å². The maximum absolute atomic E-state index is 12.8. The second-order valence-electron chi connectivity index (χ2n) is 5.84. The lowest BCUT2D eigenvalue weighted by atomic mass is 9.95. The molecule has 1 amide bonds. The highest BCUT2D eigenvalue weighted by Gasteiger charge is 2.27. The molecule has 1 heterocycles. The average Bonchev–Trinajstić information content (AvgIpc) is 2.56. The van der Waals surface area contributed by atoms with Gasteiger partial charge in [0.05, 0.1) is 0 Å². The van der Waals surface area contributed by atoms with Gasteiger partial charge < -0.3 is 4.90 Å². The summed E-state index contributed by atoms with van der Waals surface area (Å²) in [5.41, 5.74) is 2.02. The zero-order valence-electron chi connectivity index (χ0n) is 12.5. The van der Waals surface area contributed by atoms with Crippen LogP contribution in [-0.4, -0.2) is 23.4 Å². The van der Waals surface area contributed by atoms with E-state index < -0.39 is 0 Å². The molecule has 3 heteroatoms. The Balaban J connectivity index is 1.77. The van der Waals surface area contributed by atoms with E-state index in [1.165, 1.54) is 12.0 Å². The van der Waals surface area contributed by atoms with Crippen LogP contribution in [0.4, 0.5) is 0 Å². The SMILES string of the molecule is O=C(c1ccc(Cl)cc1)N1CCCCC1Cc1ccccc1. The van der Waals surface area contributed by atoms with Crippen LogP contribution < -0.4 is 0 Å². The molecule has 0 radical (unpaired) electrons. The van der Waals surface area contributed by atoms with Crippen molar-refractivity contribution in [1.82, 2.24) is 4.90 Å². The van der Waals surface area contributed by atoms with Crippen molar-refractivity contribution in [2.45, 2.75) is 31.7 Å². The van der Waals surface area contributed by atoms with Gasteiger partial charge >= 0.3 is 0 Å². The van der Waals surface area contributed by atoms with Crippen LogP contribution in [-0.2, 0) is 6.42 Å². The van der Waals surface area contributed by atoms with Crippen LogP contribution in [0.25, 0.3) is 0 Å². The summed E-state index contributed by atoms with van der Waals surface area (Å²) in [4.78, 5) is 14.8. The first-order valence-corrected chi connectivity index (χ1v) is 8.22. The third-order valence-electron chi connectivity index (χ3n) is 4.29. The molecular weight excluding hydrogens is 294 g/mol. The minimum atomic E-state index is 0.122. The Hall–Kier alpha value is -1.80. The number of nitrogens with zero attached hydrogens (tertiary/aromatic N) is 1. The predicted octanol–water partition coefficient (Wildman–Crippen LogP) is 4.58. The molecule has 22 heavy (non-hydrogen) atoms. The van der Waals surface area contributed by atoms with Crippen molar-refractivity contribution >= 4 is 17.5 Å². The van der Waals surface area contributed by atoms with E-state index >= 15 is 0 Å². The molecule has 0 N–H and O–H groups in total. The van der Waals surface area contributed by atoms with Gasteiger partial charge in [-0.25, -0.2) is 0 Å². The largest absolute Gasteiger partial charge is 0.335 e. The number of halogens is 1. The number of rotatable bonds is 3. The first-order chi connectivity index (χ1) is 10.7. The average molecular weight is 314 g/mol. The molecule has 2 nitrogen and oxygen atoms in total. The molecule has 1 fully saturated rings. The molecule has 1 aliphatic rings. The van der Waals surface area contributed by atoms with Crippen LogP contribution in [0.5, 0.6) is 0 Å². The van der Waals surface area contributed by atoms with Crippen LogP contribution in [0.15, 0.2) is 54.6 Å². The minimum absolute atomic E-state index is 0.122. The smallest absolute Gasteiger partial charge is 0.254 e. The third-order valence-corrected chi connectivity index (χ3v) is 4.55. The molecule has 1 aliphatic heterocycles. The Labute approximate surface area is 136 Å². The highest BCUT2D eigenvalue weighted by atomic mass is 35.5. The molecule has 0 aliphatic carbocycles. The fourth-order valence-corrected chi connectivity index (χ4v) is 3.25. The normalized spacial score (nSPS) is 18.2. The van der Waals surface area contributed by atoms with Gasteiger partial charge in [-0.2, -0.15) is 0 Å². The van der Waals surface area contributed by atoms with E-state index in [1.807, 2.05) is 23.1 Å². The first kappa shape index (κ1) is 15.1. The summed E-state index contributed by atoms with van der Waals surface area (Å²) in [6, 6.07) is 17.9. The van der Waals surface area contributed by atoms with Gasteiger partial charge in [0, 0.05) is 23.2 Å². The summed E-state index contributed by atoms with van der Waals surface area (Å²) in [5.74, 6) is 0.122. The van der Waals surface area contributed by atoms with Gasteiger partial charge in [0.1, 0.15) is 0 Å². The maximum Gasteiger partial charge on any atom is 0.254 e. The molecule has 3 rings (SSSR count). The standard InChI is InChI=1S/C19H20ClNO/c20-17-11-9-16(10-12-17)19(22)21-13-5-4-8-18(21)14-15-6-2-1-3-7-15/h1-3,6-7,9-12,18H,4-5,8,13-14H2. The summed E-state index contributed by atoms with van der Waals surface area (Å²) < 4.78 is 0. The fourth-order valence-electron chi connectivity index (χ4n) is 3.12. The third kappa shape index (κ3) is 3.50. The van der Waals surface area contributed by atoms with E-state index in [4.69, 9.17) is 11.6 Å². The lowest BCUT2D eigenvalue weighted by molar-refractivity contribution is 0.0613. The zero-order chi connectivity index (χ0) is 15.4. The summed E-state index contributed by atoms with van der Waals surface area (Å²) in [6.45, 7) is 0.846. The second-order valence-corrected chi connectivity index (χ2v) is 6.28. The molecule has 2 aromatic rings. The topological polar surface area (TPSA) is 20.3 Å². The van der Waals surface area contributed by atoms with Crippen molar-refractivity contribution in [2.75, 3.05) is 6.54 Å². The molecule has 1 saturated heterocycles. The highest BCUT2D eigenvalue weighted by molar-refractivity contribution is 6.30. The second kappa shape index (κ2) is 6.97. The van der Waals surface area contributed by atoms with Gasteiger partial charge in [0.15, 0.2) is 0 Å². The van der Waals surface area contributed by atoms with E-state index in [-0.39, 0.29) is 5.91 Å². The van der Waals surface area contributed by atoms with Crippen LogP contribution in [0.2, 0.25) is 5.02 Å². The number of carbonyl (C=O) groups is 1. The number of piperidine rings is 1. The monoisotopic (exact) mass is 313 g/mol. The summed E-state index contributed by atoms with van der Waals surface area (Å²) >= 11 is 5.91. The molecule has 114 valence electrons. The highest BCUT2D eigenvalue weighted by Crippen LogP contribution is 2.23. The number of carbonyl (C=O) groups excluding carboxylic acids is 1. The Morgan fingerprint density at radius 2 is 1.77 bits per heavy atom. The number of likely N-dealkylation sites (tertiary alicyclic amines) is 1. The molecular formula is C19H20ClNO. The molecule has 2 aromatic carbocycles. The Bertz CT molecular complexity index is 624. The molecule has 0 bridgehead atoms. The van der Waals surface area contributed by atoms with Crippen LogP contribution >= 0.6 is 11.6 Å². The number of hydrogen-bond donors (Lipinski definition) is 0. The lowest BCUT2D eigenvalue weighted by Gasteiger charge is -2.36. The Morgan fingerprint density at radius 3 is 2.50 bits per heavy atom. The zero-order valence-corrected chi connectivity index (χ0v) is 13.3. The summed E-state index contributed by atoms with van der Waals surface area (Å²) in [7, 11) is 0. The van der Waals surface area contributed by atoms with Crippen molar-refractivity contribution in [3.8, 4) is 0 Å². The quantitative estimate of drug-likeness (QED) is 0.812. The van der Waals surface area contributed by atoms with Crippen molar-refractivity contribution in [3.63, 3.8) is 0 Å². The number of amides is 1. The number of hydrogen-bond acceptors (Lipinski definition) is 1. The van der Waals surface area contributed by atoms with Crippen molar-refractivity contribution < 1.29 is 4.79 Å². The van der Waals surface area contributed by atoms with E-state index in [1.54, 1.807) is 12.1 Å². The first-order valence-electron chi connectivity index (χ1n) is 7.84. The van der Waals surface area contributed by atoms with Crippen LogP contribution in [0.3, 0.4) is 0 Å². The van der Waals surface area contributed by atoms with Crippen molar-refractivity contribution in [3.05, 3.63) is 70.7 Å². The van der Waals surface area contributed by atoms with E-state index in [9.17, 15) is 4.79 Å². The number of benzene rings is 2. The van der Waals surface area contributed by atoms with Crippen molar-refractivity contribution in [2.24, 2.45) is 0 Å². The van der Waals surface area contributed by atoms with Gasteiger partial charge in [0.25, 0.3) is 5.91 Å². The van der Waals surface area contributed by atoms with Crippen molar-refractivity contribution in [1.29, 1.82) is 0 Å². The van der Waals surface area contributed by atoms with E-state index in [0.717, 1.165) is 31.4 Å². The molecule has 1 atom stereocenters. The van der Waals surface area contributed by atoms with Gasteiger partial charge in [-0.05, 0) is 55.5 Å². The van der Waals surface area contributed by atoms with E-state index in [2.05, 4.69) is 24.3 Å². The summed E-state index contributed by atoms with van der Waals surface area (Å²) in [6.07, 6.45) is 4.29.